The van der Waals surface area contributed by atoms with Gasteiger partial charge in [-0.25, -0.2) is 0 Å². The van der Waals surface area contributed by atoms with Gasteiger partial charge in [-0.2, -0.15) is 0 Å². The van der Waals surface area contributed by atoms with Gasteiger partial charge < -0.3 is 0 Å². The molecule has 0 spiro atoms. The third kappa shape index (κ3) is 3.50. The van der Waals surface area contributed by atoms with Crippen LogP contribution < -0.4 is 0 Å². The molecule has 0 aromatic heterocycles. The Hall–Kier alpha value is -1.47. The fraction of sp³-hybridized carbons (Fsp3) is 0.125. The van der Waals surface area contributed by atoms with Crippen molar-refractivity contribution in [2.24, 2.45) is 0 Å². The second-order valence-electron chi connectivity index (χ2n) is 4.05. The molecule has 0 saturated heterocycles. The van der Waals surface area contributed by atoms with Crippen LogP contribution in [-0.4, -0.2) is 0 Å². The van der Waals surface area contributed by atoms with Crippen LogP contribution in [-0.2, 0) is 5.75 Å². The molecule has 0 heterocycles. The van der Waals surface area contributed by atoms with Gasteiger partial charge in [0.1, 0.15) is 0 Å². The molecule has 0 unspecified atom stereocenters. The maximum Gasteiger partial charge on any atom is 0.0232 e. The summed E-state index contributed by atoms with van der Waals surface area (Å²) in [5, 5.41) is 0. The van der Waals surface area contributed by atoms with Crippen LogP contribution in [0, 0.1) is 6.92 Å². The lowest BCUT2D eigenvalue weighted by Crippen LogP contribution is -1.82. The first-order valence-electron chi connectivity index (χ1n) is 5.69. The molecule has 0 fully saturated rings. The lowest BCUT2D eigenvalue weighted by Gasteiger charge is -2.04. The minimum Gasteiger partial charge on any atom is -0.121 e. The number of thioether (sulfide) groups is 1. The van der Waals surface area contributed by atoms with Crippen molar-refractivity contribution >= 4 is 17.8 Å². The van der Waals surface area contributed by atoms with Gasteiger partial charge in [0.25, 0.3) is 0 Å². The van der Waals surface area contributed by atoms with Gasteiger partial charge in [0.05, 0.1) is 0 Å². The van der Waals surface area contributed by atoms with Gasteiger partial charge in [-0.15, -0.1) is 11.8 Å². The normalized spacial score (nSPS) is 10.2. The molecule has 86 valence electrons. The summed E-state index contributed by atoms with van der Waals surface area (Å²) in [6, 6.07) is 17.1. The third-order valence-corrected chi connectivity index (χ3v) is 3.65. The molecule has 0 aliphatic carbocycles. The van der Waals surface area contributed by atoms with Crippen molar-refractivity contribution in [2.45, 2.75) is 17.6 Å². The van der Waals surface area contributed by atoms with Crippen molar-refractivity contribution in [1.29, 1.82) is 0 Å². The summed E-state index contributed by atoms with van der Waals surface area (Å²) in [5.74, 6) is 1.01. The lowest BCUT2D eigenvalue weighted by molar-refractivity contribution is 1.34. The standard InChI is InChI=1S/C16H16S/c1-3-14-7-5-8-15(11-14)12-17-16-9-4-6-13(2)10-16/h3-11H,1,12H2,2H3. The molecule has 0 aliphatic heterocycles. The van der Waals surface area contributed by atoms with E-state index in [1.807, 2.05) is 17.8 Å². The molecule has 0 bridgehead atoms. The minimum atomic E-state index is 1.01. The first kappa shape index (κ1) is 12.0. The molecule has 17 heavy (non-hydrogen) atoms. The number of hydrogen-bond donors (Lipinski definition) is 0. The van der Waals surface area contributed by atoms with Crippen molar-refractivity contribution in [1.82, 2.24) is 0 Å². The van der Waals surface area contributed by atoms with E-state index < -0.39 is 0 Å². The quantitative estimate of drug-likeness (QED) is 0.683. The summed E-state index contributed by atoms with van der Waals surface area (Å²) in [7, 11) is 0. The Balaban J connectivity index is 2.04. The Labute approximate surface area is 107 Å². The number of hydrogen-bond acceptors (Lipinski definition) is 1. The number of rotatable bonds is 4. The zero-order valence-electron chi connectivity index (χ0n) is 10.0. The van der Waals surface area contributed by atoms with Crippen LogP contribution in [0.2, 0.25) is 0 Å². The molecule has 0 amide bonds. The molecule has 1 heteroatoms. The summed E-state index contributed by atoms with van der Waals surface area (Å²) < 4.78 is 0. The van der Waals surface area contributed by atoms with E-state index in [1.54, 1.807) is 0 Å². The Morgan fingerprint density at radius 2 is 1.94 bits per heavy atom. The number of benzene rings is 2. The average molecular weight is 240 g/mol. The van der Waals surface area contributed by atoms with E-state index in [-0.39, 0.29) is 0 Å². The van der Waals surface area contributed by atoms with E-state index in [2.05, 4.69) is 62.0 Å². The van der Waals surface area contributed by atoms with Crippen molar-refractivity contribution in [3.8, 4) is 0 Å². The highest BCUT2D eigenvalue weighted by atomic mass is 32.2. The van der Waals surface area contributed by atoms with Gasteiger partial charge >= 0.3 is 0 Å². The SMILES string of the molecule is C=Cc1cccc(CSc2cccc(C)c2)c1. The maximum absolute atomic E-state index is 3.80. The topological polar surface area (TPSA) is 0 Å². The maximum atomic E-state index is 3.80. The van der Waals surface area contributed by atoms with Crippen molar-refractivity contribution in [2.75, 3.05) is 0 Å². The minimum absolute atomic E-state index is 1.01. The molecule has 0 N–H and O–H groups in total. The van der Waals surface area contributed by atoms with Crippen LogP contribution in [0.25, 0.3) is 6.08 Å². The highest BCUT2D eigenvalue weighted by Gasteiger charge is 1.97. The predicted octanol–water partition coefficient (Wildman–Crippen LogP) is 4.93. The smallest absolute Gasteiger partial charge is 0.0232 e. The van der Waals surface area contributed by atoms with Gasteiger partial charge in [0, 0.05) is 10.6 Å². The second-order valence-corrected chi connectivity index (χ2v) is 5.10. The van der Waals surface area contributed by atoms with E-state index in [0.717, 1.165) is 5.75 Å². The average Bonchev–Trinajstić information content (AvgIpc) is 2.37. The monoisotopic (exact) mass is 240 g/mol. The van der Waals surface area contributed by atoms with Crippen molar-refractivity contribution in [3.63, 3.8) is 0 Å². The van der Waals surface area contributed by atoms with Crippen LogP contribution in [0.5, 0.6) is 0 Å². The zero-order chi connectivity index (χ0) is 12.1. The fourth-order valence-electron chi connectivity index (χ4n) is 1.68. The van der Waals surface area contributed by atoms with Crippen LogP contribution >= 0.6 is 11.8 Å². The highest BCUT2D eigenvalue weighted by Crippen LogP contribution is 2.23. The molecular weight excluding hydrogens is 224 g/mol. The van der Waals surface area contributed by atoms with Gasteiger partial charge in [-0.3, -0.25) is 0 Å². The largest absolute Gasteiger partial charge is 0.121 e. The molecule has 2 rings (SSSR count). The van der Waals surface area contributed by atoms with Crippen LogP contribution in [0.15, 0.2) is 60.0 Å². The Morgan fingerprint density at radius 1 is 1.12 bits per heavy atom. The van der Waals surface area contributed by atoms with E-state index >= 15 is 0 Å². The van der Waals surface area contributed by atoms with Gasteiger partial charge in [-0.1, -0.05) is 54.6 Å². The Kier molecular flexibility index (Phi) is 4.05. The first-order valence-corrected chi connectivity index (χ1v) is 6.67. The van der Waals surface area contributed by atoms with Gasteiger partial charge in [0.15, 0.2) is 0 Å². The van der Waals surface area contributed by atoms with Crippen molar-refractivity contribution in [3.05, 3.63) is 71.8 Å². The van der Waals surface area contributed by atoms with E-state index in [9.17, 15) is 0 Å². The summed E-state index contributed by atoms with van der Waals surface area (Å²) in [4.78, 5) is 1.33. The summed E-state index contributed by atoms with van der Waals surface area (Å²) in [5.41, 5.74) is 3.84. The van der Waals surface area contributed by atoms with Gasteiger partial charge in [-0.05, 0) is 30.2 Å². The van der Waals surface area contributed by atoms with Crippen LogP contribution in [0.3, 0.4) is 0 Å². The third-order valence-electron chi connectivity index (χ3n) is 2.58. The molecule has 2 aromatic carbocycles. The molecular formula is C16H16S. The summed E-state index contributed by atoms with van der Waals surface area (Å²) in [6.07, 6.45) is 1.89. The van der Waals surface area contributed by atoms with Crippen LogP contribution in [0.1, 0.15) is 16.7 Å². The fourth-order valence-corrected chi connectivity index (χ4v) is 2.64. The molecule has 0 aliphatic rings. The van der Waals surface area contributed by atoms with E-state index in [1.165, 1.54) is 21.6 Å². The van der Waals surface area contributed by atoms with Crippen LogP contribution in [0.4, 0.5) is 0 Å². The van der Waals surface area contributed by atoms with E-state index in [0.29, 0.717) is 0 Å². The summed E-state index contributed by atoms with van der Waals surface area (Å²) in [6.45, 7) is 5.92. The van der Waals surface area contributed by atoms with Crippen molar-refractivity contribution < 1.29 is 0 Å². The Morgan fingerprint density at radius 3 is 2.71 bits per heavy atom. The highest BCUT2D eigenvalue weighted by molar-refractivity contribution is 7.98. The molecule has 0 atom stereocenters. The molecule has 2 aromatic rings. The zero-order valence-corrected chi connectivity index (χ0v) is 10.8. The van der Waals surface area contributed by atoms with Gasteiger partial charge in [0.2, 0.25) is 0 Å². The van der Waals surface area contributed by atoms with E-state index in [4.69, 9.17) is 0 Å². The molecule has 0 saturated carbocycles. The molecule has 0 nitrogen and oxygen atoms in total. The first-order chi connectivity index (χ1) is 8.28. The number of aryl methyl sites for hydroxylation is 1. The lowest BCUT2D eigenvalue weighted by atomic mass is 10.1. The predicted molar refractivity (Wildman–Crippen MR) is 77.3 cm³/mol. The summed E-state index contributed by atoms with van der Waals surface area (Å²) >= 11 is 1.87. The molecule has 0 radical (unpaired) electrons. The second kappa shape index (κ2) is 5.74. The Bertz CT molecular complexity index is 514.